The highest BCUT2D eigenvalue weighted by molar-refractivity contribution is 6.45. The highest BCUT2D eigenvalue weighted by Crippen LogP contribution is 2.09. The Kier molecular flexibility index (Phi) is 5.60. The van der Waals surface area contributed by atoms with Gasteiger partial charge in [0.15, 0.2) is 5.78 Å². The fraction of sp³-hybridized carbons (Fsp3) is 0.800. The van der Waals surface area contributed by atoms with Crippen molar-refractivity contribution in [3.05, 3.63) is 0 Å². The number of morpholine rings is 1. The van der Waals surface area contributed by atoms with Crippen molar-refractivity contribution in [2.24, 2.45) is 0 Å². The number of hydrogen-bond donors (Lipinski definition) is 1. The van der Waals surface area contributed by atoms with E-state index in [4.69, 9.17) is 9.47 Å². The summed E-state index contributed by atoms with van der Waals surface area (Å²) in [6.07, 6.45) is -0.922. The van der Waals surface area contributed by atoms with E-state index in [1.807, 2.05) is 0 Å². The molecule has 0 aromatic rings. The number of ether oxygens (including phenoxy) is 2. The van der Waals surface area contributed by atoms with Crippen molar-refractivity contribution in [1.82, 2.24) is 4.81 Å². The zero-order chi connectivity index (χ0) is 12.8. The predicted molar refractivity (Wildman–Crippen MR) is 61.4 cm³/mol. The van der Waals surface area contributed by atoms with Gasteiger partial charge in [-0.25, -0.2) is 0 Å². The Labute approximate surface area is 101 Å². The maximum absolute atomic E-state index is 11.7. The molecule has 1 heterocycles. The Bertz CT molecular complexity index is 284. The molecule has 17 heavy (non-hydrogen) atoms. The molecule has 1 saturated heterocycles. The van der Waals surface area contributed by atoms with Crippen LogP contribution in [-0.2, 0) is 19.1 Å². The van der Waals surface area contributed by atoms with Gasteiger partial charge >= 0.3 is 13.0 Å². The van der Waals surface area contributed by atoms with Gasteiger partial charge in [-0.2, -0.15) is 0 Å². The lowest BCUT2D eigenvalue weighted by molar-refractivity contribution is -0.149. The van der Waals surface area contributed by atoms with E-state index in [1.165, 1.54) is 0 Å². The van der Waals surface area contributed by atoms with Crippen LogP contribution in [0.3, 0.4) is 0 Å². The molecule has 1 unspecified atom stereocenters. The number of hydrogen-bond acceptors (Lipinski definition) is 6. The summed E-state index contributed by atoms with van der Waals surface area (Å²) in [5.41, 5.74) is 0. The summed E-state index contributed by atoms with van der Waals surface area (Å²) in [5, 5.41) is 9.41. The summed E-state index contributed by atoms with van der Waals surface area (Å²) in [6, 6.07) is 0. The zero-order valence-corrected chi connectivity index (χ0v) is 10.2. The SMILES string of the molecule is CCOC(=O)CC(=O)C1CN(B(C)O)CCO1. The second kappa shape index (κ2) is 6.73. The Morgan fingerprint density at radius 3 is 2.88 bits per heavy atom. The molecule has 1 aliphatic rings. The summed E-state index contributed by atoms with van der Waals surface area (Å²) in [7, 11) is -0.614. The molecule has 7 heteroatoms. The molecule has 1 fully saturated rings. The van der Waals surface area contributed by atoms with Gasteiger partial charge in [-0.1, -0.05) is 0 Å². The summed E-state index contributed by atoms with van der Waals surface area (Å²) in [6.45, 7) is 4.87. The third-order valence-electron chi connectivity index (χ3n) is 2.61. The van der Waals surface area contributed by atoms with E-state index in [2.05, 4.69) is 0 Å². The molecule has 0 spiro atoms. The van der Waals surface area contributed by atoms with Crippen LogP contribution in [0.4, 0.5) is 0 Å². The van der Waals surface area contributed by atoms with E-state index < -0.39 is 19.1 Å². The van der Waals surface area contributed by atoms with Crippen molar-refractivity contribution in [2.45, 2.75) is 26.3 Å². The highest BCUT2D eigenvalue weighted by atomic mass is 16.5. The predicted octanol–water partition coefficient (Wildman–Crippen LogP) is -0.680. The zero-order valence-electron chi connectivity index (χ0n) is 10.2. The second-order valence-electron chi connectivity index (χ2n) is 3.93. The lowest BCUT2D eigenvalue weighted by atomic mass is 9.84. The summed E-state index contributed by atoms with van der Waals surface area (Å²) >= 11 is 0. The molecule has 96 valence electrons. The van der Waals surface area contributed by atoms with Crippen molar-refractivity contribution < 1.29 is 24.1 Å². The molecule has 1 atom stereocenters. The van der Waals surface area contributed by atoms with Crippen molar-refractivity contribution in [2.75, 3.05) is 26.3 Å². The lowest BCUT2D eigenvalue weighted by Gasteiger charge is -2.32. The largest absolute Gasteiger partial charge is 0.466 e. The van der Waals surface area contributed by atoms with Crippen LogP contribution in [-0.4, -0.2) is 61.0 Å². The van der Waals surface area contributed by atoms with E-state index in [0.717, 1.165) is 0 Å². The average molecular weight is 243 g/mol. The van der Waals surface area contributed by atoms with Crippen molar-refractivity contribution in [3.63, 3.8) is 0 Å². The first-order valence-corrected chi connectivity index (χ1v) is 5.76. The molecule has 0 radical (unpaired) electrons. The third-order valence-corrected chi connectivity index (χ3v) is 2.61. The number of rotatable bonds is 5. The van der Waals surface area contributed by atoms with E-state index in [-0.39, 0.29) is 18.8 Å². The molecule has 1 N–H and O–H groups in total. The van der Waals surface area contributed by atoms with Gasteiger partial charge in [0.2, 0.25) is 0 Å². The minimum Gasteiger partial charge on any atom is -0.466 e. The van der Waals surface area contributed by atoms with Gasteiger partial charge in [-0.3, -0.25) is 9.59 Å². The van der Waals surface area contributed by atoms with Gasteiger partial charge in [0.1, 0.15) is 12.5 Å². The maximum Gasteiger partial charge on any atom is 0.376 e. The van der Waals surface area contributed by atoms with Gasteiger partial charge in [-0.15, -0.1) is 0 Å². The average Bonchev–Trinajstić information content (AvgIpc) is 2.29. The van der Waals surface area contributed by atoms with Gasteiger partial charge < -0.3 is 19.3 Å². The van der Waals surface area contributed by atoms with E-state index in [9.17, 15) is 14.6 Å². The molecule has 1 rings (SSSR count). The Hall–Kier alpha value is -0.915. The summed E-state index contributed by atoms with van der Waals surface area (Å²) < 4.78 is 9.99. The van der Waals surface area contributed by atoms with Crippen LogP contribution in [0.25, 0.3) is 0 Å². The maximum atomic E-state index is 11.7. The number of carbonyl (C=O) groups is 2. The third kappa shape index (κ3) is 4.45. The molecule has 0 aromatic carbocycles. The van der Waals surface area contributed by atoms with Crippen LogP contribution in [0.15, 0.2) is 0 Å². The van der Waals surface area contributed by atoms with Crippen LogP contribution in [0.2, 0.25) is 6.82 Å². The topological polar surface area (TPSA) is 76.1 Å². The fourth-order valence-corrected chi connectivity index (χ4v) is 1.67. The van der Waals surface area contributed by atoms with Crippen LogP contribution in [0, 0.1) is 0 Å². The minimum absolute atomic E-state index is 0.261. The molecule has 6 nitrogen and oxygen atoms in total. The van der Waals surface area contributed by atoms with Crippen molar-refractivity contribution >= 4 is 18.8 Å². The summed E-state index contributed by atoms with van der Waals surface area (Å²) in [4.78, 5) is 24.6. The van der Waals surface area contributed by atoms with Crippen LogP contribution in [0.1, 0.15) is 13.3 Å². The first-order chi connectivity index (χ1) is 8.04. The minimum atomic E-state index is -0.650. The molecular formula is C10H18BNO5. The van der Waals surface area contributed by atoms with Gasteiger partial charge in [0, 0.05) is 13.1 Å². The molecule has 0 bridgehead atoms. The standard InChI is InChI=1S/C10H18BNO5/c1-3-16-10(14)6-8(13)9-7-12(11(2)15)4-5-17-9/h9,15H,3-7H2,1-2H3. The summed E-state index contributed by atoms with van der Waals surface area (Å²) in [5.74, 6) is -0.830. The Morgan fingerprint density at radius 2 is 2.29 bits per heavy atom. The molecule has 0 amide bonds. The Morgan fingerprint density at radius 1 is 1.59 bits per heavy atom. The number of ketones is 1. The molecule has 1 aliphatic heterocycles. The van der Waals surface area contributed by atoms with E-state index in [1.54, 1.807) is 18.6 Å². The van der Waals surface area contributed by atoms with Crippen molar-refractivity contribution in [1.29, 1.82) is 0 Å². The molecule has 0 saturated carbocycles. The lowest BCUT2D eigenvalue weighted by Crippen LogP contribution is -2.51. The number of carbonyl (C=O) groups excluding carboxylic acids is 2. The van der Waals surface area contributed by atoms with Crippen LogP contribution >= 0.6 is 0 Å². The van der Waals surface area contributed by atoms with E-state index >= 15 is 0 Å². The van der Waals surface area contributed by atoms with Crippen LogP contribution in [0.5, 0.6) is 0 Å². The number of Topliss-reactive ketones (excluding diaryl/α,β-unsaturated/α-hetero) is 1. The normalized spacial score (nSPS) is 21.0. The second-order valence-corrected chi connectivity index (χ2v) is 3.93. The first-order valence-electron chi connectivity index (χ1n) is 5.76. The van der Waals surface area contributed by atoms with Gasteiger partial charge in [0.25, 0.3) is 0 Å². The number of nitrogens with zero attached hydrogens (tertiary/aromatic N) is 1. The number of esters is 1. The molecule has 0 aliphatic carbocycles. The van der Waals surface area contributed by atoms with E-state index in [0.29, 0.717) is 19.7 Å². The quantitative estimate of drug-likeness (QED) is 0.391. The van der Waals surface area contributed by atoms with Crippen molar-refractivity contribution in [3.8, 4) is 0 Å². The van der Waals surface area contributed by atoms with Crippen LogP contribution < -0.4 is 0 Å². The smallest absolute Gasteiger partial charge is 0.376 e. The molecular weight excluding hydrogens is 225 g/mol. The molecule has 0 aromatic heterocycles. The van der Waals surface area contributed by atoms with Gasteiger partial charge in [-0.05, 0) is 13.7 Å². The first kappa shape index (κ1) is 14.1. The monoisotopic (exact) mass is 243 g/mol. The Balaban J connectivity index is 2.43. The highest BCUT2D eigenvalue weighted by Gasteiger charge is 2.30. The fourth-order valence-electron chi connectivity index (χ4n) is 1.67. The van der Waals surface area contributed by atoms with Gasteiger partial charge in [0.05, 0.1) is 13.2 Å².